The van der Waals surface area contributed by atoms with Crippen molar-refractivity contribution in [2.24, 2.45) is 0 Å². The van der Waals surface area contributed by atoms with Crippen LogP contribution in [0.25, 0.3) is 0 Å². The Labute approximate surface area is 146 Å². The molecule has 25 heavy (non-hydrogen) atoms. The summed E-state index contributed by atoms with van der Waals surface area (Å²) in [7, 11) is 1.36. The van der Waals surface area contributed by atoms with Gasteiger partial charge in [-0.15, -0.1) is 0 Å². The highest BCUT2D eigenvalue weighted by molar-refractivity contribution is 5.92. The Kier molecular flexibility index (Phi) is 6.08. The summed E-state index contributed by atoms with van der Waals surface area (Å²) in [5, 5.41) is 15.7. The molecule has 2 rings (SSSR count). The van der Waals surface area contributed by atoms with Gasteiger partial charge in [-0.3, -0.25) is 14.9 Å². The number of hydrogen-bond donors (Lipinski definition) is 2. The van der Waals surface area contributed by atoms with Gasteiger partial charge in [-0.1, -0.05) is 29.8 Å². The maximum atomic E-state index is 12.1. The highest BCUT2D eigenvalue weighted by Gasteiger charge is 2.18. The first-order valence-corrected chi connectivity index (χ1v) is 7.90. The monoisotopic (exact) mass is 344 g/mol. The number of anilines is 1. The minimum absolute atomic E-state index is 0.120. The number of rotatable bonds is 7. The van der Waals surface area contributed by atoms with Gasteiger partial charge in [0.15, 0.2) is 12.3 Å². The van der Waals surface area contributed by atoms with Crippen molar-refractivity contribution in [1.29, 1.82) is 0 Å². The average molecular weight is 344 g/mol. The Balaban J connectivity index is 1.95. The van der Waals surface area contributed by atoms with Crippen LogP contribution in [0.3, 0.4) is 0 Å². The fourth-order valence-corrected chi connectivity index (χ4v) is 2.41. The van der Waals surface area contributed by atoms with E-state index in [9.17, 15) is 14.9 Å². The predicted molar refractivity (Wildman–Crippen MR) is 94.7 cm³/mol. The molecule has 0 unspecified atom stereocenters. The number of nitro benzene ring substituents is 1. The van der Waals surface area contributed by atoms with Crippen molar-refractivity contribution in [3.05, 3.63) is 63.2 Å². The number of amides is 1. The quantitative estimate of drug-likeness (QED) is 0.592. The number of nitrogens with one attached hydrogen (secondary N) is 1. The summed E-state index contributed by atoms with van der Waals surface area (Å²) in [5.41, 5.74) is 3.34. The Bertz CT molecular complexity index is 773. The molecule has 2 aromatic carbocycles. The standard InChI is InChI=1S/C18H21N3O4/c1-12-4-6-14(7-5-12)10-19-11-18(22)20-15-9-17(25-3)16(21(23)24)8-13(15)2/h4-9,19H,10-11H2,1-3H3,(H,20,22)/p+1. The van der Waals surface area contributed by atoms with Crippen molar-refractivity contribution in [3.63, 3.8) is 0 Å². The van der Waals surface area contributed by atoms with Gasteiger partial charge in [0.25, 0.3) is 5.91 Å². The van der Waals surface area contributed by atoms with Crippen LogP contribution in [0, 0.1) is 24.0 Å². The van der Waals surface area contributed by atoms with Gasteiger partial charge in [0.1, 0.15) is 6.54 Å². The molecule has 0 aliphatic carbocycles. The summed E-state index contributed by atoms with van der Waals surface area (Å²) in [6.07, 6.45) is 0. The first kappa shape index (κ1) is 18.4. The molecular weight excluding hydrogens is 322 g/mol. The Morgan fingerprint density at radius 3 is 2.52 bits per heavy atom. The number of carbonyl (C=O) groups is 1. The summed E-state index contributed by atoms with van der Waals surface area (Å²) >= 11 is 0. The smallest absolute Gasteiger partial charge is 0.311 e. The molecule has 0 saturated heterocycles. The van der Waals surface area contributed by atoms with E-state index in [0.29, 0.717) is 17.8 Å². The number of nitrogens with two attached hydrogens (primary N) is 1. The molecule has 0 heterocycles. The zero-order valence-corrected chi connectivity index (χ0v) is 14.5. The number of ether oxygens (including phenoxy) is 1. The van der Waals surface area contributed by atoms with Gasteiger partial charge in [-0.25, -0.2) is 0 Å². The second kappa shape index (κ2) is 8.25. The van der Waals surface area contributed by atoms with Gasteiger partial charge < -0.3 is 15.4 Å². The lowest BCUT2D eigenvalue weighted by Crippen LogP contribution is -2.84. The zero-order chi connectivity index (χ0) is 18.4. The molecule has 0 bridgehead atoms. The second-order valence-electron chi connectivity index (χ2n) is 5.83. The molecule has 0 saturated carbocycles. The first-order valence-electron chi connectivity index (χ1n) is 7.90. The van der Waals surface area contributed by atoms with Crippen molar-refractivity contribution in [2.45, 2.75) is 20.4 Å². The van der Waals surface area contributed by atoms with E-state index in [-0.39, 0.29) is 23.9 Å². The maximum absolute atomic E-state index is 12.1. The Hall–Kier alpha value is -2.93. The van der Waals surface area contributed by atoms with Crippen molar-refractivity contribution in [2.75, 3.05) is 19.0 Å². The van der Waals surface area contributed by atoms with Crippen LogP contribution in [0.4, 0.5) is 11.4 Å². The topological polar surface area (TPSA) is 98.1 Å². The number of methoxy groups -OCH3 is 1. The second-order valence-corrected chi connectivity index (χ2v) is 5.83. The van der Waals surface area contributed by atoms with Crippen molar-refractivity contribution in [1.82, 2.24) is 0 Å². The summed E-state index contributed by atoms with van der Waals surface area (Å²) in [6, 6.07) is 11.0. The minimum atomic E-state index is -0.507. The number of carbonyl (C=O) groups excluding carboxylic acids is 1. The summed E-state index contributed by atoms with van der Waals surface area (Å²) in [6.45, 7) is 4.70. The molecule has 132 valence electrons. The number of quaternary nitrogens is 1. The van der Waals surface area contributed by atoms with Gasteiger partial charge in [-0.05, 0) is 19.4 Å². The lowest BCUT2D eigenvalue weighted by Gasteiger charge is -2.10. The van der Waals surface area contributed by atoms with Gasteiger partial charge in [-0.2, -0.15) is 0 Å². The van der Waals surface area contributed by atoms with Crippen LogP contribution in [-0.4, -0.2) is 24.5 Å². The van der Waals surface area contributed by atoms with E-state index in [0.717, 1.165) is 5.56 Å². The molecule has 0 atom stereocenters. The normalized spacial score (nSPS) is 10.4. The largest absolute Gasteiger partial charge is 0.490 e. The van der Waals surface area contributed by atoms with E-state index in [1.54, 1.807) is 6.92 Å². The molecule has 0 aliphatic heterocycles. The average Bonchev–Trinajstić information content (AvgIpc) is 2.58. The molecule has 0 aromatic heterocycles. The molecule has 3 N–H and O–H groups in total. The van der Waals surface area contributed by atoms with Crippen LogP contribution in [0.5, 0.6) is 5.75 Å². The summed E-state index contributed by atoms with van der Waals surface area (Å²) in [5.74, 6) is -0.0550. The summed E-state index contributed by atoms with van der Waals surface area (Å²) < 4.78 is 5.03. The molecule has 2 aromatic rings. The predicted octanol–water partition coefficient (Wildman–Crippen LogP) is 1.92. The van der Waals surface area contributed by atoms with Crippen LogP contribution in [0.1, 0.15) is 16.7 Å². The van der Waals surface area contributed by atoms with Gasteiger partial charge in [0.2, 0.25) is 0 Å². The van der Waals surface area contributed by atoms with E-state index in [1.165, 1.54) is 24.8 Å². The Morgan fingerprint density at radius 1 is 1.24 bits per heavy atom. The number of nitro groups is 1. The van der Waals surface area contributed by atoms with Crippen LogP contribution in [0.2, 0.25) is 0 Å². The molecule has 0 spiro atoms. The number of aryl methyl sites for hydroxylation is 2. The Morgan fingerprint density at radius 2 is 1.92 bits per heavy atom. The molecule has 0 fully saturated rings. The maximum Gasteiger partial charge on any atom is 0.311 e. The van der Waals surface area contributed by atoms with Gasteiger partial charge in [0.05, 0.1) is 12.0 Å². The highest BCUT2D eigenvalue weighted by atomic mass is 16.6. The third-order valence-corrected chi connectivity index (χ3v) is 3.83. The number of hydrogen-bond acceptors (Lipinski definition) is 4. The van der Waals surface area contributed by atoms with Crippen molar-refractivity contribution >= 4 is 17.3 Å². The van der Waals surface area contributed by atoms with Crippen LogP contribution < -0.4 is 15.4 Å². The molecule has 0 radical (unpaired) electrons. The SMILES string of the molecule is COc1cc(NC(=O)C[NH2+]Cc2ccc(C)cc2)c(C)cc1[N+](=O)[O-]. The fraction of sp³-hybridized carbons (Fsp3) is 0.278. The van der Waals surface area contributed by atoms with Crippen LogP contribution >= 0.6 is 0 Å². The van der Waals surface area contributed by atoms with Gasteiger partial charge >= 0.3 is 5.69 Å². The van der Waals surface area contributed by atoms with Crippen LogP contribution in [0.15, 0.2) is 36.4 Å². The third-order valence-electron chi connectivity index (χ3n) is 3.83. The lowest BCUT2D eigenvalue weighted by atomic mass is 10.1. The molecule has 7 heteroatoms. The van der Waals surface area contributed by atoms with E-state index < -0.39 is 4.92 Å². The highest BCUT2D eigenvalue weighted by Crippen LogP contribution is 2.32. The summed E-state index contributed by atoms with van der Waals surface area (Å²) in [4.78, 5) is 22.6. The molecule has 0 aliphatic rings. The molecular formula is C18H22N3O4+. The minimum Gasteiger partial charge on any atom is -0.490 e. The number of nitrogens with zero attached hydrogens (tertiary/aromatic N) is 1. The fourth-order valence-electron chi connectivity index (χ4n) is 2.41. The number of benzene rings is 2. The van der Waals surface area contributed by atoms with Gasteiger partial charge in [0, 0.05) is 23.4 Å². The van der Waals surface area contributed by atoms with Crippen LogP contribution in [-0.2, 0) is 11.3 Å². The van der Waals surface area contributed by atoms with Crippen molar-refractivity contribution < 1.29 is 19.8 Å². The molecule has 7 nitrogen and oxygen atoms in total. The van der Waals surface area contributed by atoms with E-state index in [1.807, 2.05) is 36.5 Å². The lowest BCUT2D eigenvalue weighted by molar-refractivity contribution is -0.659. The van der Waals surface area contributed by atoms with E-state index in [2.05, 4.69) is 5.32 Å². The van der Waals surface area contributed by atoms with E-state index in [4.69, 9.17) is 4.74 Å². The zero-order valence-electron chi connectivity index (χ0n) is 14.5. The van der Waals surface area contributed by atoms with E-state index >= 15 is 0 Å². The first-order chi connectivity index (χ1) is 11.9. The molecule has 1 amide bonds. The third kappa shape index (κ3) is 5.02. The van der Waals surface area contributed by atoms with Crippen molar-refractivity contribution in [3.8, 4) is 5.75 Å².